The molecule has 0 atom stereocenters. The monoisotopic (exact) mass is 264 g/mol. The lowest BCUT2D eigenvalue weighted by atomic mass is 9.89. The van der Waals surface area contributed by atoms with Crippen LogP contribution in [-0.4, -0.2) is 36.5 Å². The molecule has 1 saturated heterocycles. The first-order valence-electron chi connectivity index (χ1n) is 6.93. The molecule has 1 aromatic rings. The van der Waals surface area contributed by atoms with Crippen LogP contribution in [0.15, 0.2) is 4.42 Å². The number of furan rings is 1. The van der Waals surface area contributed by atoms with E-state index in [1.807, 2.05) is 32.7 Å². The highest BCUT2D eigenvalue weighted by atomic mass is 16.3. The molecule has 0 unspecified atom stereocenters. The smallest absolute Gasteiger partial charge is 0.257 e. The van der Waals surface area contributed by atoms with E-state index in [-0.39, 0.29) is 11.4 Å². The Morgan fingerprint density at radius 3 is 2.21 bits per heavy atom. The van der Waals surface area contributed by atoms with Crippen LogP contribution in [-0.2, 0) is 0 Å². The van der Waals surface area contributed by atoms with Crippen LogP contribution in [0.5, 0.6) is 0 Å². The predicted molar refractivity (Wildman–Crippen MR) is 75.5 cm³/mol. The summed E-state index contributed by atoms with van der Waals surface area (Å²) >= 11 is 0. The van der Waals surface area contributed by atoms with Gasteiger partial charge in [0, 0.05) is 24.2 Å². The molecular formula is C15H24N2O2. The van der Waals surface area contributed by atoms with E-state index in [4.69, 9.17) is 4.42 Å². The van der Waals surface area contributed by atoms with Crippen LogP contribution >= 0.6 is 0 Å². The van der Waals surface area contributed by atoms with Crippen LogP contribution in [0.3, 0.4) is 0 Å². The Kier molecular flexibility index (Phi) is 3.72. The molecule has 0 spiro atoms. The second-order valence-electron chi connectivity index (χ2n) is 5.82. The maximum atomic E-state index is 12.6. The van der Waals surface area contributed by atoms with Gasteiger partial charge in [0.25, 0.3) is 5.91 Å². The molecule has 0 aliphatic carbocycles. The summed E-state index contributed by atoms with van der Waals surface area (Å²) in [6.07, 6.45) is 1.98. The molecule has 19 heavy (non-hydrogen) atoms. The highest BCUT2D eigenvalue weighted by Gasteiger charge is 2.32. The molecule has 2 heterocycles. The molecule has 1 amide bonds. The summed E-state index contributed by atoms with van der Waals surface area (Å²) < 4.78 is 5.56. The molecule has 1 aliphatic heterocycles. The lowest BCUT2D eigenvalue weighted by Gasteiger charge is -2.39. The average Bonchev–Trinajstić information content (AvgIpc) is 2.63. The number of rotatable bonds is 2. The van der Waals surface area contributed by atoms with E-state index in [1.54, 1.807) is 0 Å². The number of nitrogens with one attached hydrogen (secondary N) is 1. The Bertz CT molecular complexity index is 483. The number of piperidine rings is 1. The summed E-state index contributed by atoms with van der Waals surface area (Å²) in [7, 11) is 1.99. The van der Waals surface area contributed by atoms with Crippen molar-refractivity contribution in [3.8, 4) is 0 Å². The minimum atomic E-state index is 0.116. The standard InChI is InChI=1S/C15H24N2O2/c1-10-11(2)19-12(3)13(10)14(18)17-8-6-15(4,16-5)7-9-17/h16H,6-9H2,1-5H3. The Morgan fingerprint density at radius 2 is 1.79 bits per heavy atom. The highest BCUT2D eigenvalue weighted by molar-refractivity contribution is 5.97. The Hall–Kier alpha value is -1.29. The third-order valence-electron chi connectivity index (χ3n) is 4.53. The van der Waals surface area contributed by atoms with E-state index in [0.29, 0.717) is 0 Å². The summed E-state index contributed by atoms with van der Waals surface area (Å²) in [5.74, 6) is 1.70. The first-order chi connectivity index (χ1) is 8.88. The van der Waals surface area contributed by atoms with Crippen molar-refractivity contribution < 1.29 is 9.21 Å². The summed E-state index contributed by atoms with van der Waals surface area (Å²) in [4.78, 5) is 14.5. The third-order valence-corrected chi connectivity index (χ3v) is 4.53. The number of aryl methyl sites for hydroxylation is 2. The Labute approximate surface area is 115 Å². The van der Waals surface area contributed by atoms with Gasteiger partial charge < -0.3 is 14.6 Å². The van der Waals surface area contributed by atoms with E-state index in [2.05, 4.69) is 12.2 Å². The largest absolute Gasteiger partial charge is 0.466 e. The number of hydrogen-bond acceptors (Lipinski definition) is 3. The molecule has 0 saturated carbocycles. The van der Waals surface area contributed by atoms with Gasteiger partial charge in [0.05, 0.1) is 5.56 Å². The van der Waals surface area contributed by atoms with Gasteiger partial charge in [0.2, 0.25) is 0 Å². The summed E-state index contributed by atoms with van der Waals surface area (Å²) in [5, 5.41) is 3.35. The molecule has 106 valence electrons. The fourth-order valence-corrected chi connectivity index (χ4v) is 2.72. The summed E-state index contributed by atoms with van der Waals surface area (Å²) in [5.41, 5.74) is 1.89. The Balaban J connectivity index is 2.14. The van der Waals surface area contributed by atoms with Crippen LogP contribution < -0.4 is 5.32 Å². The molecule has 4 nitrogen and oxygen atoms in total. The number of carbonyl (C=O) groups excluding carboxylic acids is 1. The minimum absolute atomic E-state index is 0.116. The van der Waals surface area contributed by atoms with Crippen molar-refractivity contribution in [3.63, 3.8) is 0 Å². The van der Waals surface area contributed by atoms with E-state index in [9.17, 15) is 4.79 Å². The maximum Gasteiger partial charge on any atom is 0.257 e. The summed E-state index contributed by atoms with van der Waals surface area (Å²) in [6.45, 7) is 9.56. The molecule has 0 radical (unpaired) electrons. The minimum Gasteiger partial charge on any atom is -0.466 e. The van der Waals surface area contributed by atoms with Gasteiger partial charge in [-0.05, 0) is 47.6 Å². The molecule has 1 N–H and O–H groups in total. The van der Waals surface area contributed by atoms with Gasteiger partial charge >= 0.3 is 0 Å². The molecule has 0 aromatic carbocycles. The van der Waals surface area contributed by atoms with Crippen LogP contribution in [0.25, 0.3) is 0 Å². The van der Waals surface area contributed by atoms with Crippen LogP contribution in [0.1, 0.15) is 47.2 Å². The number of likely N-dealkylation sites (tertiary alicyclic amines) is 1. The van der Waals surface area contributed by atoms with E-state index in [1.165, 1.54) is 0 Å². The zero-order valence-electron chi connectivity index (χ0n) is 12.6. The molecule has 0 bridgehead atoms. The number of nitrogens with zero attached hydrogens (tertiary/aromatic N) is 1. The number of carbonyl (C=O) groups is 1. The van der Waals surface area contributed by atoms with Crippen LogP contribution in [0.2, 0.25) is 0 Å². The second kappa shape index (κ2) is 5.00. The maximum absolute atomic E-state index is 12.6. The lowest BCUT2D eigenvalue weighted by molar-refractivity contribution is 0.0659. The normalized spacial score (nSPS) is 18.7. The molecule has 1 aromatic heterocycles. The van der Waals surface area contributed by atoms with E-state index in [0.717, 1.165) is 48.6 Å². The fourth-order valence-electron chi connectivity index (χ4n) is 2.72. The van der Waals surface area contributed by atoms with Crippen molar-refractivity contribution in [2.45, 2.75) is 46.1 Å². The van der Waals surface area contributed by atoms with Gasteiger partial charge in [-0.15, -0.1) is 0 Å². The van der Waals surface area contributed by atoms with Crippen molar-refractivity contribution in [1.82, 2.24) is 10.2 Å². The molecule has 1 aliphatic rings. The van der Waals surface area contributed by atoms with Gasteiger partial charge in [-0.25, -0.2) is 0 Å². The topological polar surface area (TPSA) is 45.5 Å². The zero-order chi connectivity index (χ0) is 14.2. The van der Waals surface area contributed by atoms with Crippen molar-refractivity contribution in [1.29, 1.82) is 0 Å². The van der Waals surface area contributed by atoms with Gasteiger partial charge in [-0.3, -0.25) is 4.79 Å². The van der Waals surface area contributed by atoms with Crippen molar-refractivity contribution in [3.05, 3.63) is 22.6 Å². The molecular weight excluding hydrogens is 240 g/mol. The van der Waals surface area contributed by atoms with Gasteiger partial charge in [-0.1, -0.05) is 0 Å². The predicted octanol–water partition coefficient (Wildman–Crippen LogP) is 2.42. The van der Waals surface area contributed by atoms with Crippen LogP contribution in [0.4, 0.5) is 0 Å². The molecule has 4 heteroatoms. The van der Waals surface area contributed by atoms with Gasteiger partial charge in [0.1, 0.15) is 11.5 Å². The van der Waals surface area contributed by atoms with Crippen molar-refractivity contribution in [2.24, 2.45) is 0 Å². The first-order valence-corrected chi connectivity index (χ1v) is 6.93. The van der Waals surface area contributed by atoms with Crippen LogP contribution in [0, 0.1) is 20.8 Å². The SMILES string of the molecule is CNC1(C)CCN(C(=O)c2c(C)oc(C)c2C)CC1. The second-order valence-corrected chi connectivity index (χ2v) is 5.82. The third kappa shape index (κ3) is 2.54. The zero-order valence-corrected chi connectivity index (χ0v) is 12.6. The highest BCUT2D eigenvalue weighted by Crippen LogP contribution is 2.26. The Morgan fingerprint density at radius 1 is 1.21 bits per heavy atom. The van der Waals surface area contributed by atoms with E-state index >= 15 is 0 Å². The fraction of sp³-hybridized carbons (Fsp3) is 0.667. The van der Waals surface area contributed by atoms with Crippen molar-refractivity contribution >= 4 is 5.91 Å². The first kappa shape index (κ1) is 14.1. The van der Waals surface area contributed by atoms with Gasteiger partial charge in [-0.2, -0.15) is 0 Å². The quantitative estimate of drug-likeness (QED) is 0.892. The van der Waals surface area contributed by atoms with Gasteiger partial charge in [0.15, 0.2) is 0 Å². The van der Waals surface area contributed by atoms with E-state index < -0.39 is 0 Å². The number of amides is 1. The summed E-state index contributed by atoms with van der Waals surface area (Å²) in [6, 6.07) is 0. The average molecular weight is 264 g/mol. The molecule has 1 fully saturated rings. The number of hydrogen-bond donors (Lipinski definition) is 1. The lowest BCUT2D eigenvalue weighted by Crippen LogP contribution is -2.51. The van der Waals surface area contributed by atoms with Crippen molar-refractivity contribution in [2.75, 3.05) is 20.1 Å². The molecule has 2 rings (SSSR count).